The summed E-state index contributed by atoms with van der Waals surface area (Å²) in [5.74, 6) is 1.55. The predicted octanol–water partition coefficient (Wildman–Crippen LogP) is 2.68. The predicted molar refractivity (Wildman–Crippen MR) is 59.6 cm³/mol. The highest BCUT2D eigenvalue weighted by Gasteiger charge is 2.07. The normalized spacial score (nSPS) is 11.3. The average molecular weight is 208 g/mol. The number of hydrogen-bond acceptors (Lipinski definition) is 3. The Bertz CT molecular complexity index is 331. The quantitative estimate of drug-likeness (QED) is 0.550. The van der Waals surface area contributed by atoms with E-state index < -0.39 is 0 Å². The first-order chi connectivity index (χ1) is 7.33. The van der Waals surface area contributed by atoms with Gasteiger partial charge in [0.1, 0.15) is 11.5 Å². The Kier molecular flexibility index (Phi) is 4.71. The molecule has 0 aliphatic rings. The molecule has 0 atom stereocenters. The van der Waals surface area contributed by atoms with Crippen LogP contribution in [0, 0.1) is 0 Å². The van der Waals surface area contributed by atoms with Gasteiger partial charge in [0.25, 0.3) is 0 Å². The minimum absolute atomic E-state index is 0.234. The molecule has 0 radical (unpaired) electrons. The summed E-state index contributed by atoms with van der Waals surface area (Å²) in [5, 5.41) is 0. The maximum Gasteiger partial charge on any atom is 0.188 e. The molecule has 0 aliphatic heterocycles. The van der Waals surface area contributed by atoms with Crippen LogP contribution in [-0.4, -0.2) is 21.0 Å². The van der Waals surface area contributed by atoms with Crippen LogP contribution in [0.25, 0.3) is 5.76 Å². The number of ether oxygens (including phenoxy) is 3. The van der Waals surface area contributed by atoms with Crippen molar-refractivity contribution in [2.75, 3.05) is 21.0 Å². The lowest BCUT2D eigenvalue weighted by Gasteiger charge is -2.12. The standard InChI is InChI=1S/C12H16O3/c1-4-11(15-9-13-2)10-7-5-6-8-12(10)14-3/h4-8H,9H2,1-3H3. The highest BCUT2D eigenvalue weighted by atomic mass is 16.7. The smallest absolute Gasteiger partial charge is 0.188 e. The van der Waals surface area contributed by atoms with Crippen molar-refractivity contribution in [3.8, 4) is 5.75 Å². The third-order valence-corrected chi connectivity index (χ3v) is 1.97. The van der Waals surface area contributed by atoms with E-state index in [0.29, 0.717) is 0 Å². The van der Waals surface area contributed by atoms with Crippen molar-refractivity contribution in [1.29, 1.82) is 0 Å². The van der Waals surface area contributed by atoms with Crippen molar-refractivity contribution in [2.45, 2.75) is 6.92 Å². The lowest BCUT2D eigenvalue weighted by atomic mass is 10.1. The highest BCUT2D eigenvalue weighted by Crippen LogP contribution is 2.26. The number of rotatable bonds is 5. The van der Waals surface area contributed by atoms with Crippen molar-refractivity contribution < 1.29 is 14.2 Å². The summed E-state index contributed by atoms with van der Waals surface area (Å²) >= 11 is 0. The van der Waals surface area contributed by atoms with Gasteiger partial charge < -0.3 is 14.2 Å². The van der Waals surface area contributed by atoms with Gasteiger partial charge in [-0.2, -0.15) is 0 Å². The van der Waals surface area contributed by atoms with Crippen molar-refractivity contribution in [3.05, 3.63) is 35.9 Å². The van der Waals surface area contributed by atoms with Crippen molar-refractivity contribution in [3.63, 3.8) is 0 Å². The number of methoxy groups -OCH3 is 2. The maximum absolute atomic E-state index is 5.43. The largest absolute Gasteiger partial charge is 0.496 e. The zero-order chi connectivity index (χ0) is 11.1. The summed E-state index contributed by atoms with van der Waals surface area (Å²) in [6, 6.07) is 7.71. The molecule has 0 saturated heterocycles. The lowest BCUT2D eigenvalue weighted by molar-refractivity contribution is 0.0314. The summed E-state index contributed by atoms with van der Waals surface area (Å²) < 4.78 is 15.5. The maximum atomic E-state index is 5.43. The number of allylic oxidation sites excluding steroid dienone is 1. The van der Waals surface area contributed by atoms with Gasteiger partial charge in [0, 0.05) is 7.11 Å². The Morgan fingerprint density at radius 1 is 1.27 bits per heavy atom. The zero-order valence-corrected chi connectivity index (χ0v) is 9.32. The van der Waals surface area contributed by atoms with Crippen LogP contribution in [0.4, 0.5) is 0 Å². The Hall–Kier alpha value is -1.48. The Morgan fingerprint density at radius 2 is 2.00 bits per heavy atom. The summed E-state index contributed by atoms with van der Waals surface area (Å²) in [5.41, 5.74) is 0.930. The van der Waals surface area contributed by atoms with Crippen LogP contribution in [-0.2, 0) is 9.47 Å². The third-order valence-electron chi connectivity index (χ3n) is 1.97. The molecule has 0 amide bonds. The molecule has 0 unspecified atom stereocenters. The zero-order valence-electron chi connectivity index (χ0n) is 9.32. The molecular formula is C12H16O3. The van der Waals surface area contributed by atoms with Crippen LogP contribution in [0.3, 0.4) is 0 Å². The SMILES string of the molecule is CC=C(OCOC)c1ccccc1OC. The fourth-order valence-corrected chi connectivity index (χ4v) is 1.29. The third kappa shape index (κ3) is 2.99. The Balaban J connectivity index is 2.91. The van der Waals surface area contributed by atoms with Crippen LogP contribution >= 0.6 is 0 Å². The Labute approximate surface area is 90.3 Å². The molecule has 0 heterocycles. The monoisotopic (exact) mass is 208 g/mol. The molecule has 0 N–H and O–H groups in total. The molecule has 1 rings (SSSR count). The van der Waals surface area contributed by atoms with Crippen molar-refractivity contribution >= 4 is 5.76 Å². The van der Waals surface area contributed by atoms with Gasteiger partial charge in [-0.05, 0) is 25.1 Å². The van der Waals surface area contributed by atoms with Crippen LogP contribution in [0.1, 0.15) is 12.5 Å². The van der Waals surface area contributed by atoms with Gasteiger partial charge in [-0.15, -0.1) is 0 Å². The van der Waals surface area contributed by atoms with E-state index in [-0.39, 0.29) is 6.79 Å². The first-order valence-corrected chi connectivity index (χ1v) is 4.75. The van der Waals surface area contributed by atoms with E-state index in [9.17, 15) is 0 Å². The molecular weight excluding hydrogens is 192 g/mol. The molecule has 82 valence electrons. The van der Waals surface area contributed by atoms with E-state index in [0.717, 1.165) is 17.1 Å². The molecule has 3 heteroatoms. The van der Waals surface area contributed by atoms with Gasteiger partial charge in [0.15, 0.2) is 6.79 Å². The first-order valence-electron chi connectivity index (χ1n) is 4.75. The van der Waals surface area contributed by atoms with Crippen LogP contribution in [0.15, 0.2) is 30.3 Å². The molecule has 1 aromatic rings. The molecule has 0 spiro atoms. The number of para-hydroxylation sites is 1. The van der Waals surface area contributed by atoms with E-state index in [1.54, 1.807) is 14.2 Å². The second-order valence-corrected chi connectivity index (χ2v) is 2.90. The van der Waals surface area contributed by atoms with E-state index in [4.69, 9.17) is 14.2 Å². The summed E-state index contributed by atoms with van der Waals surface area (Å²) in [4.78, 5) is 0. The average Bonchev–Trinajstić information content (AvgIpc) is 2.30. The number of hydrogen-bond donors (Lipinski definition) is 0. The van der Waals surface area contributed by atoms with Crippen molar-refractivity contribution in [2.24, 2.45) is 0 Å². The van der Waals surface area contributed by atoms with Crippen LogP contribution in [0.2, 0.25) is 0 Å². The Morgan fingerprint density at radius 3 is 2.60 bits per heavy atom. The number of benzene rings is 1. The van der Waals surface area contributed by atoms with Gasteiger partial charge in [-0.1, -0.05) is 12.1 Å². The van der Waals surface area contributed by atoms with E-state index in [2.05, 4.69) is 0 Å². The summed E-state index contributed by atoms with van der Waals surface area (Å²) in [6.07, 6.45) is 1.89. The second kappa shape index (κ2) is 6.09. The van der Waals surface area contributed by atoms with E-state index in [1.165, 1.54) is 0 Å². The van der Waals surface area contributed by atoms with Gasteiger partial charge in [0.05, 0.1) is 12.7 Å². The van der Waals surface area contributed by atoms with E-state index >= 15 is 0 Å². The molecule has 15 heavy (non-hydrogen) atoms. The molecule has 3 nitrogen and oxygen atoms in total. The molecule has 0 bridgehead atoms. The van der Waals surface area contributed by atoms with Crippen LogP contribution < -0.4 is 4.74 Å². The summed E-state index contributed by atoms with van der Waals surface area (Å²) in [6.45, 7) is 2.15. The topological polar surface area (TPSA) is 27.7 Å². The fourth-order valence-electron chi connectivity index (χ4n) is 1.29. The highest BCUT2D eigenvalue weighted by molar-refractivity contribution is 5.65. The van der Waals surface area contributed by atoms with Crippen molar-refractivity contribution in [1.82, 2.24) is 0 Å². The van der Waals surface area contributed by atoms with E-state index in [1.807, 2.05) is 37.3 Å². The summed E-state index contributed by atoms with van der Waals surface area (Å²) in [7, 11) is 3.23. The lowest BCUT2D eigenvalue weighted by Crippen LogP contribution is -1.98. The molecule has 0 aliphatic carbocycles. The molecule has 0 aromatic heterocycles. The fraction of sp³-hybridized carbons (Fsp3) is 0.333. The molecule has 1 aromatic carbocycles. The first kappa shape index (κ1) is 11.6. The van der Waals surface area contributed by atoms with Gasteiger partial charge >= 0.3 is 0 Å². The van der Waals surface area contributed by atoms with Crippen LogP contribution in [0.5, 0.6) is 5.75 Å². The van der Waals surface area contributed by atoms with Gasteiger partial charge in [-0.3, -0.25) is 0 Å². The van der Waals surface area contributed by atoms with Gasteiger partial charge in [0.2, 0.25) is 0 Å². The molecule has 0 fully saturated rings. The minimum Gasteiger partial charge on any atom is -0.496 e. The second-order valence-electron chi connectivity index (χ2n) is 2.90. The van der Waals surface area contributed by atoms with Gasteiger partial charge in [-0.25, -0.2) is 0 Å². The minimum atomic E-state index is 0.234. The molecule has 0 saturated carbocycles.